The van der Waals surface area contributed by atoms with E-state index in [0.29, 0.717) is 14.8 Å². The van der Waals surface area contributed by atoms with E-state index in [1.807, 2.05) is 36.4 Å². The van der Waals surface area contributed by atoms with E-state index in [-0.39, 0.29) is 21.2 Å². The lowest BCUT2D eigenvalue weighted by molar-refractivity contribution is 0.599. The number of aromatic nitrogens is 1. The van der Waals surface area contributed by atoms with Gasteiger partial charge in [0.25, 0.3) is 5.56 Å². The molecule has 6 nitrogen and oxygen atoms in total. The molecule has 172 valence electrons. The van der Waals surface area contributed by atoms with Crippen LogP contribution in [0.5, 0.6) is 0 Å². The van der Waals surface area contributed by atoms with Crippen molar-refractivity contribution in [3.63, 3.8) is 0 Å². The SMILES string of the molecule is N#CC1=c2sc(=Cc3ccccc3)c(=O)n2C(N)=C(S(=O)(=O)c2ccccc2)C1c1ccccc1. The van der Waals surface area contributed by atoms with Crippen molar-refractivity contribution in [2.24, 2.45) is 5.73 Å². The van der Waals surface area contributed by atoms with Crippen molar-refractivity contribution in [2.75, 3.05) is 0 Å². The van der Waals surface area contributed by atoms with Gasteiger partial charge in [-0.15, -0.1) is 11.3 Å². The summed E-state index contributed by atoms with van der Waals surface area (Å²) >= 11 is 1.13. The number of fused-ring (bicyclic) bond motifs is 1. The molecule has 0 aliphatic carbocycles. The molecule has 1 aliphatic rings. The summed E-state index contributed by atoms with van der Waals surface area (Å²) in [4.78, 5) is 13.3. The minimum atomic E-state index is -4.14. The van der Waals surface area contributed by atoms with Gasteiger partial charge in [0.05, 0.1) is 27.0 Å². The van der Waals surface area contributed by atoms with Gasteiger partial charge in [0.15, 0.2) is 0 Å². The van der Waals surface area contributed by atoms with E-state index in [1.54, 1.807) is 48.5 Å². The molecule has 1 unspecified atom stereocenters. The molecule has 0 radical (unpaired) electrons. The zero-order valence-corrected chi connectivity index (χ0v) is 20.0. The molecule has 8 heteroatoms. The number of rotatable bonds is 4. The highest BCUT2D eigenvalue weighted by atomic mass is 32.2. The molecule has 3 aromatic carbocycles. The van der Waals surface area contributed by atoms with Crippen molar-refractivity contribution in [1.29, 1.82) is 5.26 Å². The Kier molecular flexibility index (Phi) is 5.73. The van der Waals surface area contributed by atoms with Crippen LogP contribution in [-0.2, 0) is 9.84 Å². The second kappa shape index (κ2) is 8.87. The van der Waals surface area contributed by atoms with E-state index in [4.69, 9.17) is 5.73 Å². The standard InChI is InChI=1S/C27H19N3O3S2/c28-17-21-23(19-12-6-2-7-13-19)24(35(32,33)20-14-8-3-9-15-20)25(29)30-26(31)22(34-27(21)30)16-18-10-4-1-5-11-18/h1-16,23H,29H2. The van der Waals surface area contributed by atoms with E-state index in [1.165, 1.54) is 12.1 Å². The van der Waals surface area contributed by atoms with E-state index >= 15 is 0 Å². The minimum Gasteiger partial charge on any atom is -0.384 e. The quantitative estimate of drug-likeness (QED) is 0.467. The van der Waals surface area contributed by atoms with Crippen molar-refractivity contribution >= 4 is 38.6 Å². The lowest BCUT2D eigenvalue weighted by atomic mass is 9.90. The van der Waals surface area contributed by atoms with Crippen LogP contribution in [0.3, 0.4) is 0 Å². The maximum absolute atomic E-state index is 13.9. The number of allylic oxidation sites excluding steroid dienone is 1. The molecule has 0 bridgehead atoms. The van der Waals surface area contributed by atoms with Crippen molar-refractivity contribution < 1.29 is 8.42 Å². The van der Waals surface area contributed by atoms with Gasteiger partial charge >= 0.3 is 0 Å². The van der Waals surface area contributed by atoms with E-state index in [9.17, 15) is 18.5 Å². The summed E-state index contributed by atoms with van der Waals surface area (Å²) in [5.74, 6) is -1.14. The monoisotopic (exact) mass is 497 g/mol. The molecule has 0 saturated heterocycles. The van der Waals surface area contributed by atoms with E-state index in [2.05, 4.69) is 6.07 Å². The van der Waals surface area contributed by atoms with E-state index < -0.39 is 21.3 Å². The zero-order valence-electron chi connectivity index (χ0n) is 18.3. The molecule has 0 amide bonds. The third-order valence-corrected chi connectivity index (χ3v) is 8.82. The zero-order chi connectivity index (χ0) is 24.6. The van der Waals surface area contributed by atoms with Crippen molar-refractivity contribution in [2.45, 2.75) is 10.8 Å². The van der Waals surface area contributed by atoms with Crippen molar-refractivity contribution in [3.05, 3.63) is 127 Å². The molecule has 2 heterocycles. The van der Waals surface area contributed by atoms with Crippen LogP contribution < -0.4 is 20.5 Å². The number of sulfone groups is 1. The van der Waals surface area contributed by atoms with Gasteiger partial charge in [0.1, 0.15) is 15.4 Å². The fraction of sp³-hybridized carbons (Fsp3) is 0.0370. The summed E-state index contributed by atoms with van der Waals surface area (Å²) in [7, 11) is -4.14. The van der Waals surface area contributed by atoms with Crippen molar-refractivity contribution in [1.82, 2.24) is 4.57 Å². The Morgan fingerprint density at radius 1 is 0.914 bits per heavy atom. The largest absolute Gasteiger partial charge is 0.384 e. The van der Waals surface area contributed by atoms with Crippen LogP contribution in [-0.4, -0.2) is 13.0 Å². The Balaban J connectivity index is 1.90. The maximum atomic E-state index is 13.9. The number of nitriles is 1. The summed E-state index contributed by atoms with van der Waals surface area (Å²) in [6.45, 7) is 0. The fourth-order valence-corrected chi connectivity index (χ4v) is 7.02. The van der Waals surface area contributed by atoms with Gasteiger partial charge in [-0.05, 0) is 29.3 Å². The van der Waals surface area contributed by atoms with Gasteiger partial charge < -0.3 is 5.73 Å². The number of thiazole rings is 1. The average Bonchev–Trinajstić information content (AvgIpc) is 3.21. The third kappa shape index (κ3) is 3.81. The number of benzene rings is 3. The molecule has 1 aromatic heterocycles. The number of hydrogen-bond acceptors (Lipinski definition) is 6. The average molecular weight is 498 g/mol. The first-order chi connectivity index (χ1) is 16.9. The summed E-state index contributed by atoms with van der Waals surface area (Å²) in [5.41, 5.74) is 7.60. The molecular formula is C27H19N3O3S2. The van der Waals surface area contributed by atoms with Crippen LogP contribution in [0.4, 0.5) is 0 Å². The van der Waals surface area contributed by atoms with Crippen LogP contribution in [0, 0.1) is 11.3 Å². The van der Waals surface area contributed by atoms with Gasteiger partial charge in [-0.1, -0.05) is 78.9 Å². The minimum absolute atomic E-state index is 0.0407. The first kappa shape index (κ1) is 22.6. The summed E-state index contributed by atoms with van der Waals surface area (Å²) < 4.78 is 29.6. The lowest BCUT2D eigenvalue weighted by Crippen LogP contribution is -2.39. The predicted molar refractivity (Wildman–Crippen MR) is 137 cm³/mol. The fourth-order valence-electron chi connectivity index (χ4n) is 4.19. The van der Waals surface area contributed by atoms with Crippen LogP contribution >= 0.6 is 11.3 Å². The molecule has 1 aliphatic heterocycles. The molecule has 0 saturated carbocycles. The normalized spacial score (nSPS) is 16.1. The Bertz CT molecular complexity index is 1780. The van der Waals surface area contributed by atoms with Gasteiger partial charge in [-0.3, -0.25) is 9.36 Å². The summed E-state index contributed by atoms with van der Waals surface area (Å²) in [5, 5.41) is 10.2. The molecule has 2 N–H and O–H groups in total. The van der Waals surface area contributed by atoms with Crippen LogP contribution in [0.1, 0.15) is 17.0 Å². The molecule has 1 atom stereocenters. The third-order valence-electron chi connectivity index (χ3n) is 5.79. The molecular weight excluding hydrogens is 478 g/mol. The Labute approximate surface area is 205 Å². The Morgan fingerprint density at radius 2 is 1.49 bits per heavy atom. The Hall–Kier alpha value is -4.19. The molecule has 4 aromatic rings. The molecule has 0 spiro atoms. The topological polar surface area (TPSA) is 106 Å². The second-order valence-electron chi connectivity index (χ2n) is 7.90. The second-order valence-corrected chi connectivity index (χ2v) is 10.9. The van der Waals surface area contributed by atoms with E-state index in [0.717, 1.165) is 21.5 Å². The van der Waals surface area contributed by atoms with Crippen LogP contribution in [0.15, 0.2) is 106 Å². The molecule has 5 rings (SSSR count). The highest BCUT2D eigenvalue weighted by Gasteiger charge is 2.39. The smallest absolute Gasteiger partial charge is 0.274 e. The number of nitrogens with zero attached hydrogens (tertiary/aromatic N) is 2. The Morgan fingerprint density at radius 3 is 2.09 bits per heavy atom. The van der Waals surface area contributed by atoms with Crippen LogP contribution in [0.25, 0.3) is 17.5 Å². The van der Waals surface area contributed by atoms with Gasteiger partial charge in [0, 0.05) is 0 Å². The van der Waals surface area contributed by atoms with Gasteiger partial charge in [0.2, 0.25) is 9.84 Å². The summed E-state index contributed by atoms with van der Waals surface area (Å²) in [6.07, 6.45) is 1.71. The first-order valence-corrected chi connectivity index (χ1v) is 13.0. The molecule has 0 fully saturated rings. The van der Waals surface area contributed by atoms with Crippen LogP contribution in [0.2, 0.25) is 0 Å². The van der Waals surface area contributed by atoms with Gasteiger partial charge in [-0.2, -0.15) is 5.26 Å². The number of hydrogen-bond donors (Lipinski definition) is 1. The summed E-state index contributed by atoms with van der Waals surface area (Å²) in [6, 6.07) is 28.3. The lowest BCUT2D eigenvalue weighted by Gasteiger charge is -2.26. The maximum Gasteiger partial charge on any atom is 0.274 e. The number of nitrogens with two attached hydrogens (primary N) is 1. The highest BCUT2D eigenvalue weighted by molar-refractivity contribution is 7.95. The highest BCUT2D eigenvalue weighted by Crippen LogP contribution is 2.41. The molecule has 35 heavy (non-hydrogen) atoms. The predicted octanol–water partition coefficient (Wildman–Crippen LogP) is 2.77. The first-order valence-electron chi connectivity index (χ1n) is 10.7. The van der Waals surface area contributed by atoms with Crippen molar-refractivity contribution in [3.8, 4) is 6.07 Å². The van der Waals surface area contributed by atoms with Gasteiger partial charge in [-0.25, -0.2) is 8.42 Å².